The average Bonchev–Trinajstić information content (AvgIpc) is 3.21. The van der Waals surface area contributed by atoms with Crippen molar-refractivity contribution in [1.29, 1.82) is 0 Å². The second-order valence-corrected chi connectivity index (χ2v) is 10.6. The molecule has 3 aliphatic rings. The number of pyridine rings is 1. The van der Waals surface area contributed by atoms with E-state index in [2.05, 4.69) is 15.0 Å². The van der Waals surface area contributed by atoms with Gasteiger partial charge in [-0.05, 0) is 30.7 Å². The van der Waals surface area contributed by atoms with Crippen LogP contribution in [0.3, 0.4) is 0 Å². The highest BCUT2D eigenvalue weighted by molar-refractivity contribution is 5.93. The zero-order chi connectivity index (χ0) is 27.5. The Morgan fingerprint density at radius 3 is 2.44 bits per heavy atom. The van der Waals surface area contributed by atoms with E-state index >= 15 is 0 Å². The fourth-order valence-electron chi connectivity index (χ4n) is 5.96. The van der Waals surface area contributed by atoms with Crippen LogP contribution in [0, 0.1) is 17.8 Å². The second kappa shape index (κ2) is 9.45. The molecule has 3 aromatic heterocycles. The van der Waals surface area contributed by atoms with Gasteiger partial charge in [-0.3, -0.25) is 9.59 Å². The number of hydrogen-bond donors (Lipinski definition) is 0. The van der Waals surface area contributed by atoms with E-state index < -0.39 is 11.9 Å². The number of alkyl halides is 3. The van der Waals surface area contributed by atoms with Crippen molar-refractivity contribution in [2.45, 2.75) is 31.9 Å². The minimum Gasteiger partial charge on any atom is -0.477 e. The van der Waals surface area contributed by atoms with Gasteiger partial charge in [0.05, 0.1) is 12.8 Å². The molecule has 2 saturated heterocycles. The number of halogens is 3. The lowest BCUT2D eigenvalue weighted by atomic mass is 9.96. The summed E-state index contributed by atoms with van der Waals surface area (Å²) in [6, 6.07) is 3.60. The number of hydrogen-bond acceptors (Lipinski definition) is 7. The van der Waals surface area contributed by atoms with E-state index in [1.54, 1.807) is 11.8 Å². The normalized spacial score (nSPS) is 23.3. The molecule has 5 heterocycles. The minimum absolute atomic E-state index is 0.0505. The highest BCUT2D eigenvalue weighted by Crippen LogP contribution is 2.52. The molecule has 206 valence electrons. The molecule has 6 rings (SSSR count). The number of amides is 2. The van der Waals surface area contributed by atoms with Gasteiger partial charge in [0.15, 0.2) is 11.3 Å². The predicted molar refractivity (Wildman–Crippen MR) is 132 cm³/mol. The van der Waals surface area contributed by atoms with E-state index in [0.717, 1.165) is 24.7 Å². The molecule has 0 unspecified atom stereocenters. The Morgan fingerprint density at radius 1 is 1.05 bits per heavy atom. The summed E-state index contributed by atoms with van der Waals surface area (Å²) >= 11 is 0. The maximum atomic E-state index is 13.2. The van der Waals surface area contributed by atoms with Crippen LogP contribution in [-0.4, -0.2) is 78.9 Å². The minimum atomic E-state index is -4.52. The van der Waals surface area contributed by atoms with Crippen LogP contribution in [0.2, 0.25) is 0 Å². The molecule has 2 amide bonds. The van der Waals surface area contributed by atoms with E-state index in [1.807, 2.05) is 16.5 Å². The third-order valence-corrected chi connectivity index (χ3v) is 8.24. The van der Waals surface area contributed by atoms with Crippen LogP contribution in [0.15, 0.2) is 24.4 Å². The van der Waals surface area contributed by atoms with Gasteiger partial charge in [0.25, 0.3) is 5.91 Å². The first kappa shape index (κ1) is 25.5. The van der Waals surface area contributed by atoms with Crippen molar-refractivity contribution in [3.8, 4) is 5.88 Å². The predicted octanol–water partition coefficient (Wildman–Crippen LogP) is 2.90. The highest BCUT2D eigenvalue weighted by atomic mass is 19.4. The van der Waals surface area contributed by atoms with Gasteiger partial charge in [0.1, 0.15) is 17.2 Å². The number of imidazole rings is 1. The van der Waals surface area contributed by atoms with Crippen LogP contribution < -0.4 is 4.74 Å². The van der Waals surface area contributed by atoms with Gasteiger partial charge in [-0.25, -0.2) is 19.9 Å². The van der Waals surface area contributed by atoms with Gasteiger partial charge in [0, 0.05) is 58.1 Å². The van der Waals surface area contributed by atoms with Crippen molar-refractivity contribution < 1.29 is 27.5 Å². The molecule has 10 nitrogen and oxygen atoms in total. The van der Waals surface area contributed by atoms with Gasteiger partial charge in [0.2, 0.25) is 11.8 Å². The smallest absolute Gasteiger partial charge is 0.433 e. The molecular weight excluding hydrogens is 515 g/mol. The van der Waals surface area contributed by atoms with Gasteiger partial charge in [-0.15, -0.1) is 0 Å². The first-order valence-electron chi connectivity index (χ1n) is 13.0. The number of carbonyl (C=O) groups is 2. The molecular formula is C26H28F3N7O3. The zero-order valence-corrected chi connectivity index (χ0v) is 21.6. The zero-order valence-electron chi connectivity index (χ0n) is 21.6. The van der Waals surface area contributed by atoms with E-state index in [-0.39, 0.29) is 53.7 Å². The molecule has 3 aromatic rings. The highest BCUT2D eigenvalue weighted by Gasteiger charge is 2.57. The molecule has 0 radical (unpaired) electrons. The summed E-state index contributed by atoms with van der Waals surface area (Å²) in [6.45, 7) is 4.29. The van der Waals surface area contributed by atoms with E-state index in [4.69, 9.17) is 9.72 Å². The SMILES string of the molecule is CC(=O)N1CCC(c2nc3nc(C(=O)N4C[C@@H]5[C@H](COc6cccc(C(F)(F)F)n6)[C@@H]5C4)cnc3n2C)CC1. The first-order chi connectivity index (χ1) is 18.6. The fraction of sp³-hybridized carbons (Fsp3) is 0.538. The van der Waals surface area contributed by atoms with Gasteiger partial charge < -0.3 is 19.1 Å². The van der Waals surface area contributed by atoms with E-state index in [9.17, 15) is 22.8 Å². The standard InChI is InChI=1S/C26H28F3N7O3/c1-14(37)35-8-6-15(7-9-35)23-33-22-24(34(23)2)30-10-19(31-22)25(38)36-11-16-17(12-36)18(16)13-39-21-5-3-4-20(32-21)26(27,28)29/h3-5,10,15-18H,6-9,11-13H2,1-2H3/t16-,17+,18-. The Morgan fingerprint density at radius 2 is 1.77 bits per heavy atom. The third-order valence-electron chi connectivity index (χ3n) is 8.24. The van der Waals surface area contributed by atoms with Crippen LogP contribution in [-0.2, 0) is 18.0 Å². The lowest BCUT2D eigenvalue weighted by molar-refractivity contribution is -0.141. The molecule has 39 heavy (non-hydrogen) atoms. The Labute approximate surface area is 222 Å². The number of likely N-dealkylation sites (tertiary alicyclic amines) is 2. The van der Waals surface area contributed by atoms with Crippen LogP contribution >= 0.6 is 0 Å². The van der Waals surface area contributed by atoms with Gasteiger partial charge in [-0.2, -0.15) is 13.2 Å². The lowest BCUT2D eigenvalue weighted by Crippen LogP contribution is -2.36. The third kappa shape index (κ3) is 4.78. The van der Waals surface area contributed by atoms with Gasteiger partial charge in [-0.1, -0.05) is 6.07 Å². The van der Waals surface area contributed by atoms with Gasteiger partial charge >= 0.3 is 6.18 Å². The number of carbonyl (C=O) groups excluding carboxylic acids is 2. The Balaban J connectivity index is 1.06. The molecule has 2 aliphatic heterocycles. The van der Waals surface area contributed by atoms with E-state index in [1.165, 1.54) is 18.3 Å². The second-order valence-electron chi connectivity index (χ2n) is 10.6. The summed E-state index contributed by atoms with van der Waals surface area (Å²) in [5, 5.41) is 0. The quantitative estimate of drug-likeness (QED) is 0.487. The van der Waals surface area contributed by atoms with Crippen molar-refractivity contribution >= 4 is 23.1 Å². The molecule has 0 aromatic carbocycles. The Bertz CT molecular complexity index is 1420. The molecule has 0 bridgehead atoms. The van der Waals surface area contributed by atoms with Crippen LogP contribution in [0.5, 0.6) is 5.88 Å². The molecule has 1 aliphatic carbocycles. The van der Waals surface area contributed by atoms with Crippen molar-refractivity contribution in [2.75, 3.05) is 32.8 Å². The molecule has 1 saturated carbocycles. The lowest BCUT2D eigenvalue weighted by Gasteiger charge is -2.30. The Hall–Kier alpha value is -3.77. The monoisotopic (exact) mass is 543 g/mol. The summed E-state index contributed by atoms with van der Waals surface area (Å²) in [7, 11) is 1.89. The summed E-state index contributed by atoms with van der Waals surface area (Å²) in [4.78, 5) is 45.7. The summed E-state index contributed by atoms with van der Waals surface area (Å²) in [6.07, 6.45) is -1.41. The van der Waals surface area contributed by atoms with Crippen molar-refractivity contribution in [3.63, 3.8) is 0 Å². The number of rotatable bonds is 5. The summed E-state index contributed by atoms with van der Waals surface area (Å²) in [5.41, 5.74) is 0.293. The van der Waals surface area contributed by atoms with Crippen LogP contribution in [0.4, 0.5) is 13.2 Å². The van der Waals surface area contributed by atoms with Crippen molar-refractivity contribution in [2.24, 2.45) is 24.8 Å². The molecule has 13 heteroatoms. The number of ether oxygens (including phenoxy) is 1. The average molecular weight is 544 g/mol. The molecule has 0 N–H and O–H groups in total. The molecule has 3 atom stereocenters. The summed E-state index contributed by atoms with van der Waals surface area (Å²) in [5.74, 6) is 1.51. The van der Waals surface area contributed by atoms with Crippen LogP contribution in [0.1, 0.15) is 47.7 Å². The molecule has 0 spiro atoms. The number of fused-ring (bicyclic) bond motifs is 2. The topological polar surface area (TPSA) is 106 Å². The Kier molecular flexibility index (Phi) is 6.18. The van der Waals surface area contributed by atoms with Crippen molar-refractivity contribution in [1.82, 2.24) is 34.3 Å². The van der Waals surface area contributed by atoms with E-state index in [0.29, 0.717) is 37.5 Å². The maximum Gasteiger partial charge on any atom is 0.433 e. The van der Waals surface area contributed by atoms with Crippen LogP contribution in [0.25, 0.3) is 11.3 Å². The van der Waals surface area contributed by atoms with Crippen molar-refractivity contribution in [3.05, 3.63) is 41.6 Å². The fourth-order valence-corrected chi connectivity index (χ4v) is 5.96. The summed E-state index contributed by atoms with van der Waals surface area (Å²) < 4.78 is 46.1. The maximum absolute atomic E-state index is 13.2. The number of piperidine rings is 2. The number of aromatic nitrogens is 5. The molecule has 3 fully saturated rings. The number of nitrogens with zero attached hydrogens (tertiary/aromatic N) is 7. The first-order valence-corrected chi connectivity index (χ1v) is 13.0. The number of aryl methyl sites for hydroxylation is 1. The largest absolute Gasteiger partial charge is 0.477 e.